The number of piperidine rings is 1. The van der Waals surface area contributed by atoms with Crippen LogP contribution >= 0.6 is 15.9 Å². The molecule has 1 aliphatic rings. The maximum atomic E-state index is 4.53. The third-order valence-electron chi connectivity index (χ3n) is 3.24. The lowest BCUT2D eigenvalue weighted by molar-refractivity contribution is 0.248. The van der Waals surface area contributed by atoms with Crippen molar-refractivity contribution in [1.29, 1.82) is 0 Å². The van der Waals surface area contributed by atoms with E-state index in [1.165, 1.54) is 31.8 Å². The quantitative estimate of drug-likeness (QED) is 0.824. The van der Waals surface area contributed by atoms with E-state index in [9.17, 15) is 0 Å². The molecule has 0 bridgehead atoms. The van der Waals surface area contributed by atoms with Gasteiger partial charge in [0.15, 0.2) is 0 Å². The van der Waals surface area contributed by atoms with Crippen LogP contribution in [0.15, 0.2) is 10.8 Å². The SMILES string of the molecule is CCn1c(Br)cnc1C1CCN(C)CC1. The maximum Gasteiger partial charge on any atom is 0.112 e. The molecule has 1 aliphatic heterocycles. The molecule has 3 nitrogen and oxygen atoms in total. The largest absolute Gasteiger partial charge is 0.323 e. The summed E-state index contributed by atoms with van der Waals surface area (Å²) >= 11 is 3.55. The second-order valence-corrected chi connectivity index (χ2v) is 5.07. The third kappa shape index (κ3) is 2.26. The van der Waals surface area contributed by atoms with Crippen LogP contribution in [0, 0.1) is 0 Å². The smallest absolute Gasteiger partial charge is 0.112 e. The van der Waals surface area contributed by atoms with Crippen LogP contribution in [0.25, 0.3) is 0 Å². The predicted octanol–water partition coefficient (Wildman–Crippen LogP) is 2.47. The van der Waals surface area contributed by atoms with Crippen LogP contribution in [0.1, 0.15) is 31.5 Å². The maximum absolute atomic E-state index is 4.53. The van der Waals surface area contributed by atoms with E-state index in [1.807, 2.05) is 6.20 Å². The highest BCUT2D eigenvalue weighted by atomic mass is 79.9. The molecule has 0 aliphatic carbocycles. The van der Waals surface area contributed by atoms with E-state index in [0.717, 1.165) is 11.1 Å². The second kappa shape index (κ2) is 4.66. The first-order chi connectivity index (χ1) is 7.22. The number of imidazole rings is 1. The van der Waals surface area contributed by atoms with Crippen molar-refractivity contribution in [2.75, 3.05) is 20.1 Å². The van der Waals surface area contributed by atoms with Gasteiger partial charge in [0.25, 0.3) is 0 Å². The van der Waals surface area contributed by atoms with Gasteiger partial charge in [-0.1, -0.05) is 0 Å². The van der Waals surface area contributed by atoms with Gasteiger partial charge in [0, 0.05) is 12.5 Å². The van der Waals surface area contributed by atoms with Crippen molar-refractivity contribution in [3.05, 3.63) is 16.6 Å². The Labute approximate surface area is 99.6 Å². The van der Waals surface area contributed by atoms with Crippen LogP contribution in [0.4, 0.5) is 0 Å². The highest BCUT2D eigenvalue weighted by Crippen LogP contribution is 2.28. The number of halogens is 1. The van der Waals surface area contributed by atoms with Gasteiger partial charge in [-0.15, -0.1) is 0 Å². The molecule has 0 saturated carbocycles. The molecule has 0 unspecified atom stereocenters. The molecule has 0 spiro atoms. The molecule has 84 valence electrons. The number of rotatable bonds is 2. The zero-order valence-electron chi connectivity index (χ0n) is 9.41. The summed E-state index contributed by atoms with van der Waals surface area (Å²) in [6.07, 6.45) is 4.40. The molecule has 4 heteroatoms. The molecular weight excluding hydrogens is 254 g/mol. The Kier molecular flexibility index (Phi) is 3.46. The molecule has 1 aromatic heterocycles. The van der Waals surface area contributed by atoms with Gasteiger partial charge in [0.1, 0.15) is 10.4 Å². The molecule has 0 amide bonds. The van der Waals surface area contributed by atoms with Gasteiger partial charge >= 0.3 is 0 Å². The Morgan fingerprint density at radius 2 is 2.13 bits per heavy atom. The normalized spacial score (nSPS) is 19.7. The van der Waals surface area contributed by atoms with Crippen molar-refractivity contribution in [3.8, 4) is 0 Å². The van der Waals surface area contributed by atoms with E-state index < -0.39 is 0 Å². The zero-order valence-corrected chi connectivity index (χ0v) is 11.0. The summed E-state index contributed by atoms with van der Waals surface area (Å²) in [6.45, 7) is 5.56. The van der Waals surface area contributed by atoms with Gasteiger partial charge in [-0.25, -0.2) is 4.98 Å². The molecule has 0 aromatic carbocycles. The van der Waals surface area contributed by atoms with Crippen molar-refractivity contribution in [2.24, 2.45) is 0 Å². The van der Waals surface area contributed by atoms with Crippen molar-refractivity contribution >= 4 is 15.9 Å². The molecule has 0 atom stereocenters. The van der Waals surface area contributed by atoms with E-state index in [1.54, 1.807) is 0 Å². The topological polar surface area (TPSA) is 21.1 Å². The Bertz CT molecular complexity index is 327. The Hall–Kier alpha value is -0.350. The minimum atomic E-state index is 0.646. The van der Waals surface area contributed by atoms with Crippen LogP contribution in [0.3, 0.4) is 0 Å². The van der Waals surface area contributed by atoms with Gasteiger partial charge in [-0.05, 0) is 55.8 Å². The summed E-state index contributed by atoms with van der Waals surface area (Å²) in [5, 5.41) is 0. The monoisotopic (exact) mass is 271 g/mol. The van der Waals surface area contributed by atoms with Crippen molar-refractivity contribution in [3.63, 3.8) is 0 Å². The molecule has 0 radical (unpaired) electrons. The van der Waals surface area contributed by atoms with Gasteiger partial charge < -0.3 is 9.47 Å². The van der Waals surface area contributed by atoms with Gasteiger partial charge in [-0.3, -0.25) is 0 Å². The highest BCUT2D eigenvalue weighted by Gasteiger charge is 2.22. The van der Waals surface area contributed by atoms with Gasteiger partial charge in [-0.2, -0.15) is 0 Å². The Morgan fingerprint density at radius 1 is 1.47 bits per heavy atom. The van der Waals surface area contributed by atoms with Crippen LogP contribution in [0.2, 0.25) is 0 Å². The fourth-order valence-corrected chi connectivity index (χ4v) is 2.81. The number of hydrogen-bond acceptors (Lipinski definition) is 2. The van der Waals surface area contributed by atoms with Crippen LogP contribution < -0.4 is 0 Å². The van der Waals surface area contributed by atoms with Crippen molar-refractivity contribution in [2.45, 2.75) is 32.2 Å². The molecular formula is C11H18BrN3. The van der Waals surface area contributed by atoms with E-state index in [2.05, 4.69) is 44.4 Å². The second-order valence-electron chi connectivity index (χ2n) is 4.26. The summed E-state index contributed by atoms with van der Waals surface area (Å²) in [5.41, 5.74) is 0. The fraction of sp³-hybridized carbons (Fsp3) is 0.727. The summed E-state index contributed by atoms with van der Waals surface area (Å²) in [5.74, 6) is 1.91. The number of likely N-dealkylation sites (tertiary alicyclic amines) is 1. The Morgan fingerprint density at radius 3 is 2.73 bits per heavy atom. The molecule has 0 N–H and O–H groups in total. The minimum Gasteiger partial charge on any atom is -0.323 e. The van der Waals surface area contributed by atoms with Gasteiger partial charge in [0.05, 0.1) is 6.20 Å². The lowest BCUT2D eigenvalue weighted by atomic mass is 9.96. The molecule has 1 aromatic rings. The third-order valence-corrected chi connectivity index (χ3v) is 3.87. The lowest BCUT2D eigenvalue weighted by Gasteiger charge is -2.28. The minimum absolute atomic E-state index is 0.646. The average Bonchev–Trinajstić information content (AvgIpc) is 2.61. The van der Waals surface area contributed by atoms with Crippen LogP contribution in [0.5, 0.6) is 0 Å². The van der Waals surface area contributed by atoms with Crippen molar-refractivity contribution in [1.82, 2.24) is 14.5 Å². The van der Waals surface area contributed by atoms with E-state index in [0.29, 0.717) is 5.92 Å². The lowest BCUT2D eigenvalue weighted by Crippen LogP contribution is -2.30. The van der Waals surface area contributed by atoms with Crippen molar-refractivity contribution < 1.29 is 0 Å². The highest BCUT2D eigenvalue weighted by molar-refractivity contribution is 9.10. The first-order valence-electron chi connectivity index (χ1n) is 5.61. The first-order valence-corrected chi connectivity index (χ1v) is 6.41. The molecule has 2 heterocycles. The summed E-state index contributed by atoms with van der Waals surface area (Å²) in [7, 11) is 2.19. The summed E-state index contributed by atoms with van der Waals surface area (Å²) in [4.78, 5) is 6.93. The van der Waals surface area contributed by atoms with E-state index in [-0.39, 0.29) is 0 Å². The first kappa shape index (κ1) is 11.1. The summed E-state index contributed by atoms with van der Waals surface area (Å²) < 4.78 is 3.38. The average molecular weight is 272 g/mol. The number of hydrogen-bond donors (Lipinski definition) is 0. The van der Waals surface area contributed by atoms with Crippen LogP contribution in [-0.2, 0) is 6.54 Å². The molecule has 1 saturated heterocycles. The Balaban J connectivity index is 2.15. The van der Waals surface area contributed by atoms with E-state index in [4.69, 9.17) is 0 Å². The number of nitrogens with zero attached hydrogens (tertiary/aromatic N) is 3. The molecule has 15 heavy (non-hydrogen) atoms. The molecule has 1 fully saturated rings. The zero-order chi connectivity index (χ0) is 10.8. The molecule has 2 rings (SSSR count). The number of aromatic nitrogens is 2. The summed E-state index contributed by atoms with van der Waals surface area (Å²) in [6, 6.07) is 0. The fourth-order valence-electron chi connectivity index (χ4n) is 2.27. The predicted molar refractivity (Wildman–Crippen MR) is 65.1 cm³/mol. The standard InChI is InChI=1S/C11H18BrN3/c1-3-15-10(12)8-13-11(15)9-4-6-14(2)7-5-9/h8-9H,3-7H2,1-2H3. The van der Waals surface area contributed by atoms with Gasteiger partial charge in [0.2, 0.25) is 0 Å². The van der Waals surface area contributed by atoms with E-state index >= 15 is 0 Å². The van der Waals surface area contributed by atoms with Crippen LogP contribution in [-0.4, -0.2) is 34.6 Å².